The monoisotopic (exact) mass is 395 g/mol. The molecule has 6 rings (SSSR count). The van der Waals surface area contributed by atoms with Crippen LogP contribution >= 0.6 is 0 Å². The molecule has 7 heteroatoms. The van der Waals surface area contributed by atoms with Gasteiger partial charge >= 0.3 is 0 Å². The van der Waals surface area contributed by atoms with E-state index in [1.807, 2.05) is 0 Å². The first-order chi connectivity index (χ1) is 16.5. The van der Waals surface area contributed by atoms with E-state index in [2.05, 4.69) is 4.98 Å². The van der Waals surface area contributed by atoms with Gasteiger partial charge in [0.1, 0.15) is 6.02 Å². The SMILES string of the molecule is [2H]C([2H])([2H])N1CC(=O)N2C(c3ccc4c(c3)OCO4)c3[nH]c4ccccc4c3C([2H])([2H])[C@]2([2H])C1=O. The number of carbonyl (C=O) groups excluding carboxylic acids is 2. The Hall–Kier alpha value is -3.48. The average molecular weight is 395 g/mol. The normalized spacial score (nSPS) is 30.6. The molecule has 2 amide bonds. The summed E-state index contributed by atoms with van der Waals surface area (Å²) in [5.41, 5.74) is 1.36. The van der Waals surface area contributed by atoms with E-state index in [4.69, 9.17) is 16.3 Å². The van der Waals surface area contributed by atoms with Gasteiger partial charge in [-0.3, -0.25) is 9.59 Å². The van der Waals surface area contributed by atoms with Crippen LogP contribution in [0.15, 0.2) is 42.5 Å². The van der Waals surface area contributed by atoms with Crippen molar-refractivity contribution in [1.29, 1.82) is 0 Å². The summed E-state index contributed by atoms with van der Waals surface area (Å²) in [6.45, 7) is -3.80. The zero-order valence-electron chi connectivity index (χ0n) is 21.1. The van der Waals surface area contributed by atoms with Crippen molar-refractivity contribution in [3.05, 3.63) is 59.3 Å². The molecule has 0 bridgehead atoms. The zero-order chi connectivity index (χ0) is 24.9. The molecule has 1 N–H and O–H groups in total. The van der Waals surface area contributed by atoms with E-state index in [0.29, 0.717) is 38.6 Å². The molecule has 1 saturated heterocycles. The molecular formula is C22H19N3O4. The number of ether oxygens (including phenoxy) is 2. The topological polar surface area (TPSA) is 74.9 Å². The van der Waals surface area contributed by atoms with E-state index < -0.39 is 43.8 Å². The number of benzene rings is 2. The fraction of sp³-hybridized carbons (Fsp3) is 0.273. The Morgan fingerprint density at radius 2 is 2.07 bits per heavy atom. The van der Waals surface area contributed by atoms with Gasteiger partial charge in [-0.1, -0.05) is 24.3 Å². The minimum atomic E-state index is -3.02. The average Bonchev–Trinajstić information content (AvgIpc) is 3.41. The van der Waals surface area contributed by atoms with Crippen LogP contribution in [0.2, 0.25) is 0 Å². The van der Waals surface area contributed by atoms with Crippen LogP contribution in [0.1, 0.15) is 31.1 Å². The first-order valence-corrected chi connectivity index (χ1v) is 9.11. The molecule has 0 saturated carbocycles. The van der Waals surface area contributed by atoms with E-state index in [0.717, 1.165) is 4.90 Å². The molecule has 0 spiro atoms. The Bertz CT molecular complexity index is 1420. The van der Waals surface area contributed by atoms with E-state index in [1.54, 1.807) is 42.5 Å². The minimum absolute atomic E-state index is 0.0146. The number of nitrogens with zero attached hydrogens (tertiary/aromatic N) is 2. The number of H-pyrrole nitrogens is 1. The van der Waals surface area contributed by atoms with Crippen molar-refractivity contribution >= 4 is 22.7 Å². The van der Waals surface area contributed by atoms with Crippen molar-refractivity contribution in [2.24, 2.45) is 0 Å². The standard InChI is InChI=1S/C22H19N3O4/c1-24-10-19(26)25-16(22(24)27)9-14-13-4-2-3-5-15(13)23-20(14)21(25)12-6-7-17-18(8-12)29-11-28-17/h2-8,16,21,23H,9-11H2,1H3/t16-,21?/m1/s1/i1D3,9D2,16D. The lowest BCUT2D eigenvalue weighted by atomic mass is 9.86. The number of para-hydroxylation sites is 1. The number of rotatable bonds is 1. The summed E-state index contributed by atoms with van der Waals surface area (Å²) in [5.74, 6) is -1.26. The lowest BCUT2D eigenvalue weighted by molar-refractivity contribution is -0.157. The van der Waals surface area contributed by atoms with Crippen molar-refractivity contribution in [3.63, 3.8) is 0 Å². The van der Waals surface area contributed by atoms with Crippen molar-refractivity contribution in [1.82, 2.24) is 14.8 Å². The molecule has 3 aliphatic rings. The lowest BCUT2D eigenvalue weighted by Gasteiger charge is -2.46. The van der Waals surface area contributed by atoms with Crippen LogP contribution in [0.4, 0.5) is 0 Å². The van der Waals surface area contributed by atoms with Crippen LogP contribution in [-0.4, -0.2) is 52.9 Å². The lowest BCUT2D eigenvalue weighted by Crippen LogP contribution is -2.62. The Kier molecular flexibility index (Phi) is 2.29. The molecule has 1 unspecified atom stereocenters. The molecule has 4 heterocycles. The van der Waals surface area contributed by atoms with Gasteiger partial charge in [0.25, 0.3) is 0 Å². The van der Waals surface area contributed by atoms with Gasteiger partial charge in [0.05, 0.1) is 14.0 Å². The second-order valence-corrected chi connectivity index (χ2v) is 7.10. The van der Waals surface area contributed by atoms with Gasteiger partial charge in [-0.15, -0.1) is 0 Å². The van der Waals surface area contributed by atoms with Crippen molar-refractivity contribution in [3.8, 4) is 11.5 Å². The summed E-state index contributed by atoms with van der Waals surface area (Å²) < 4.78 is 61.3. The predicted octanol–water partition coefficient (Wildman–Crippen LogP) is 2.21. The summed E-state index contributed by atoms with van der Waals surface area (Å²) in [6.07, 6.45) is -2.74. The van der Waals surface area contributed by atoms with Crippen molar-refractivity contribution in [2.75, 3.05) is 20.3 Å². The van der Waals surface area contributed by atoms with Crippen LogP contribution in [0, 0.1) is 0 Å². The van der Waals surface area contributed by atoms with Crippen LogP contribution in [0.3, 0.4) is 0 Å². The van der Waals surface area contributed by atoms with Gasteiger partial charge in [-0.05, 0) is 29.3 Å². The number of likely N-dealkylation sites (N-methyl/N-ethyl adjacent to an activating group) is 1. The molecule has 0 radical (unpaired) electrons. The highest BCUT2D eigenvalue weighted by Crippen LogP contribution is 2.44. The molecule has 29 heavy (non-hydrogen) atoms. The predicted molar refractivity (Wildman–Crippen MR) is 105 cm³/mol. The molecule has 146 valence electrons. The molecular weight excluding hydrogens is 370 g/mol. The minimum Gasteiger partial charge on any atom is -0.454 e. The fourth-order valence-electron chi connectivity index (χ4n) is 4.17. The van der Waals surface area contributed by atoms with Gasteiger partial charge in [0, 0.05) is 36.8 Å². The quantitative estimate of drug-likeness (QED) is 0.686. The van der Waals surface area contributed by atoms with Gasteiger partial charge in [-0.2, -0.15) is 0 Å². The Morgan fingerprint density at radius 3 is 2.97 bits per heavy atom. The van der Waals surface area contributed by atoms with Crippen molar-refractivity contribution in [2.45, 2.75) is 18.4 Å². The first-order valence-electron chi connectivity index (χ1n) is 12.1. The van der Waals surface area contributed by atoms with Gasteiger partial charge in [-0.25, -0.2) is 0 Å². The van der Waals surface area contributed by atoms with Crippen LogP contribution in [0.25, 0.3) is 10.9 Å². The number of amides is 2. The molecule has 3 aromatic rings. The Labute approximate surface area is 175 Å². The second kappa shape index (κ2) is 5.76. The second-order valence-electron chi connectivity index (χ2n) is 7.10. The Balaban J connectivity index is 1.67. The molecule has 1 fully saturated rings. The highest BCUT2D eigenvalue weighted by Gasteiger charge is 2.47. The zero-order valence-corrected chi connectivity index (χ0v) is 15.1. The number of fused-ring (bicyclic) bond motifs is 5. The van der Waals surface area contributed by atoms with Gasteiger partial charge in [0.15, 0.2) is 11.5 Å². The number of aromatic nitrogens is 1. The summed E-state index contributed by atoms with van der Waals surface area (Å²) >= 11 is 0. The third-order valence-corrected chi connectivity index (χ3v) is 5.47. The smallest absolute Gasteiger partial charge is 0.245 e. The number of hydrogen-bond acceptors (Lipinski definition) is 4. The summed E-state index contributed by atoms with van der Waals surface area (Å²) in [6, 6.07) is 7.81. The van der Waals surface area contributed by atoms with E-state index >= 15 is 0 Å². The van der Waals surface area contributed by atoms with Gasteiger partial charge < -0.3 is 24.3 Å². The third kappa shape index (κ3) is 2.24. The van der Waals surface area contributed by atoms with Crippen LogP contribution < -0.4 is 9.47 Å². The highest BCUT2D eigenvalue weighted by atomic mass is 16.7. The number of hydrogen-bond donors (Lipinski definition) is 1. The Morgan fingerprint density at radius 1 is 1.21 bits per heavy atom. The fourth-order valence-corrected chi connectivity index (χ4v) is 4.17. The number of nitrogens with one attached hydrogen (secondary N) is 1. The number of aromatic amines is 1. The molecule has 0 aliphatic carbocycles. The molecule has 2 aromatic carbocycles. The van der Waals surface area contributed by atoms with E-state index in [1.165, 1.54) is 0 Å². The maximum atomic E-state index is 13.6. The van der Waals surface area contributed by atoms with Crippen LogP contribution in [0.5, 0.6) is 11.5 Å². The van der Waals surface area contributed by atoms with E-state index in [-0.39, 0.29) is 12.4 Å². The highest BCUT2D eigenvalue weighted by molar-refractivity contribution is 5.97. The summed E-state index contributed by atoms with van der Waals surface area (Å²) in [4.78, 5) is 31.5. The largest absolute Gasteiger partial charge is 0.454 e. The molecule has 7 nitrogen and oxygen atoms in total. The molecule has 1 aromatic heterocycles. The van der Waals surface area contributed by atoms with Gasteiger partial charge in [0.2, 0.25) is 18.6 Å². The molecule has 3 aliphatic heterocycles. The van der Waals surface area contributed by atoms with Crippen molar-refractivity contribution < 1.29 is 27.3 Å². The number of piperazine rings is 1. The third-order valence-electron chi connectivity index (χ3n) is 5.47. The maximum absolute atomic E-state index is 13.6. The molecule has 2 atom stereocenters. The number of carbonyl (C=O) groups is 2. The summed E-state index contributed by atoms with van der Waals surface area (Å²) in [7, 11) is 0. The first kappa shape index (κ1) is 11.5. The van der Waals surface area contributed by atoms with E-state index in [9.17, 15) is 11.0 Å². The summed E-state index contributed by atoms with van der Waals surface area (Å²) in [5, 5.41) is 0.441. The van der Waals surface area contributed by atoms with Crippen LogP contribution in [-0.2, 0) is 16.0 Å². The maximum Gasteiger partial charge on any atom is 0.245 e.